The van der Waals surface area contributed by atoms with Gasteiger partial charge in [0.15, 0.2) is 17.2 Å². The molecular formula is C16H13F3N4O4. The third kappa shape index (κ3) is 3.91. The number of alkyl halides is 3. The largest absolute Gasteiger partial charge is 0.465 e. The van der Waals surface area contributed by atoms with E-state index in [2.05, 4.69) is 25.2 Å². The van der Waals surface area contributed by atoms with Crippen molar-refractivity contribution in [3.05, 3.63) is 41.2 Å². The van der Waals surface area contributed by atoms with Gasteiger partial charge in [0.05, 0.1) is 12.8 Å². The zero-order chi connectivity index (χ0) is 19.6. The molecule has 1 aromatic carbocycles. The Kier molecular flexibility index (Phi) is 4.84. The minimum atomic E-state index is -4.86. The molecule has 0 radical (unpaired) electrons. The van der Waals surface area contributed by atoms with Crippen molar-refractivity contribution < 1.29 is 32.2 Å². The van der Waals surface area contributed by atoms with Crippen LogP contribution in [0.4, 0.5) is 19.1 Å². The van der Waals surface area contributed by atoms with Gasteiger partial charge in [0, 0.05) is 11.8 Å². The van der Waals surface area contributed by atoms with Crippen molar-refractivity contribution in [3.63, 3.8) is 0 Å². The van der Waals surface area contributed by atoms with E-state index in [-0.39, 0.29) is 6.79 Å². The summed E-state index contributed by atoms with van der Waals surface area (Å²) in [6, 6.07) is 5.10. The summed E-state index contributed by atoms with van der Waals surface area (Å²) in [5.41, 5.74) is 1.26. The Bertz CT molecular complexity index is 915. The molecular weight excluding hydrogens is 369 g/mol. The van der Waals surface area contributed by atoms with Gasteiger partial charge in [-0.3, -0.25) is 0 Å². The van der Waals surface area contributed by atoms with Gasteiger partial charge < -0.3 is 14.2 Å². The number of fused-ring (bicyclic) bond motifs is 1. The summed E-state index contributed by atoms with van der Waals surface area (Å²) in [7, 11) is 0.966. The molecule has 1 aromatic heterocycles. The number of hydrogen-bond acceptors (Lipinski definition) is 8. The molecule has 8 nitrogen and oxygen atoms in total. The molecule has 0 spiro atoms. The number of hydrazone groups is 1. The number of hydrogen-bond donors (Lipinski definition) is 1. The van der Waals surface area contributed by atoms with Crippen molar-refractivity contribution in [1.82, 2.24) is 9.97 Å². The number of nitrogens with zero attached hydrogens (tertiary/aromatic N) is 3. The Hall–Kier alpha value is -3.37. The molecule has 0 amide bonds. The number of esters is 1. The molecule has 27 heavy (non-hydrogen) atoms. The van der Waals surface area contributed by atoms with Gasteiger partial charge in [-0.15, -0.1) is 0 Å². The van der Waals surface area contributed by atoms with E-state index in [4.69, 9.17) is 9.47 Å². The maximum absolute atomic E-state index is 13.1. The van der Waals surface area contributed by atoms with Crippen molar-refractivity contribution in [2.24, 2.45) is 5.10 Å². The van der Waals surface area contributed by atoms with Gasteiger partial charge in [0.25, 0.3) is 0 Å². The topological polar surface area (TPSA) is 94.9 Å². The third-order valence-corrected chi connectivity index (χ3v) is 3.58. The Labute approximate surface area is 151 Å². The highest BCUT2D eigenvalue weighted by Gasteiger charge is 2.38. The normalized spacial score (nSPS) is 13.4. The SMILES string of the molecule is COC(=O)c1cnc(N/N=C(\C)c2ccc3c(c2)OCO3)nc1C(F)(F)F. The molecule has 2 heterocycles. The predicted octanol–water partition coefficient (Wildman–Crippen LogP) is 2.85. The van der Waals surface area contributed by atoms with Crippen LogP contribution in [0.5, 0.6) is 11.5 Å². The van der Waals surface area contributed by atoms with Crippen LogP contribution in [0, 0.1) is 0 Å². The Morgan fingerprint density at radius 2 is 2.04 bits per heavy atom. The molecule has 2 aromatic rings. The fourth-order valence-corrected chi connectivity index (χ4v) is 2.23. The lowest BCUT2D eigenvalue weighted by Gasteiger charge is -2.11. The number of anilines is 1. The average molecular weight is 382 g/mol. The van der Waals surface area contributed by atoms with Crippen LogP contribution in [0.25, 0.3) is 0 Å². The fourth-order valence-electron chi connectivity index (χ4n) is 2.23. The van der Waals surface area contributed by atoms with Gasteiger partial charge in [0.1, 0.15) is 5.56 Å². The fraction of sp³-hybridized carbons (Fsp3) is 0.250. The van der Waals surface area contributed by atoms with Crippen molar-refractivity contribution >= 4 is 17.6 Å². The number of carbonyl (C=O) groups is 1. The standard InChI is InChI=1S/C16H13F3N4O4/c1-8(9-3-4-11-12(5-9)27-7-26-11)22-23-15-20-6-10(14(24)25-2)13(21-15)16(17,18)19/h3-6H,7H2,1-2H3,(H,20,21,23)/b22-8+. The van der Waals surface area contributed by atoms with E-state index < -0.39 is 29.4 Å². The molecule has 0 saturated heterocycles. The van der Waals surface area contributed by atoms with Crippen LogP contribution in [-0.4, -0.2) is 35.6 Å². The van der Waals surface area contributed by atoms with Crippen molar-refractivity contribution in [1.29, 1.82) is 0 Å². The number of benzene rings is 1. The van der Waals surface area contributed by atoms with E-state index in [1.54, 1.807) is 25.1 Å². The van der Waals surface area contributed by atoms with Crippen LogP contribution in [0.15, 0.2) is 29.5 Å². The monoisotopic (exact) mass is 382 g/mol. The molecule has 142 valence electrons. The van der Waals surface area contributed by atoms with Crippen molar-refractivity contribution in [2.45, 2.75) is 13.1 Å². The van der Waals surface area contributed by atoms with E-state index in [1.165, 1.54) is 0 Å². The average Bonchev–Trinajstić information content (AvgIpc) is 3.12. The summed E-state index contributed by atoms with van der Waals surface area (Å²) in [5, 5.41) is 3.97. The highest BCUT2D eigenvalue weighted by molar-refractivity contribution is 5.99. The number of methoxy groups -OCH3 is 1. The van der Waals surface area contributed by atoms with Gasteiger partial charge in [-0.1, -0.05) is 0 Å². The summed E-state index contributed by atoms with van der Waals surface area (Å²) in [6.45, 7) is 1.76. The van der Waals surface area contributed by atoms with Gasteiger partial charge in [0.2, 0.25) is 12.7 Å². The van der Waals surface area contributed by atoms with Gasteiger partial charge in [-0.25, -0.2) is 20.2 Å². The van der Waals surface area contributed by atoms with Crippen LogP contribution >= 0.6 is 0 Å². The second-order valence-electron chi connectivity index (χ2n) is 5.32. The highest BCUT2D eigenvalue weighted by Crippen LogP contribution is 2.33. The second kappa shape index (κ2) is 7.09. The van der Waals surface area contributed by atoms with Crippen LogP contribution in [0.2, 0.25) is 0 Å². The predicted molar refractivity (Wildman–Crippen MR) is 86.8 cm³/mol. The molecule has 0 aliphatic carbocycles. The van der Waals surface area contributed by atoms with Gasteiger partial charge in [-0.05, 0) is 25.1 Å². The Morgan fingerprint density at radius 3 is 2.74 bits per heavy atom. The van der Waals surface area contributed by atoms with Crippen molar-refractivity contribution in [3.8, 4) is 11.5 Å². The first-order chi connectivity index (χ1) is 12.8. The third-order valence-electron chi connectivity index (χ3n) is 3.58. The first-order valence-corrected chi connectivity index (χ1v) is 7.52. The maximum atomic E-state index is 13.1. The van der Waals surface area contributed by atoms with Crippen LogP contribution in [-0.2, 0) is 10.9 Å². The number of carbonyl (C=O) groups excluding carboxylic acids is 1. The Morgan fingerprint density at radius 1 is 1.30 bits per heavy atom. The minimum Gasteiger partial charge on any atom is -0.465 e. The quantitative estimate of drug-likeness (QED) is 0.494. The smallest absolute Gasteiger partial charge is 0.434 e. The maximum Gasteiger partial charge on any atom is 0.434 e. The summed E-state index contributed by atoms with van der Waals surface area (Å²) in [4.78, 5) is 18.5. The molecule has 11 heteroatoms. The van der Waals surface area contributed by atoms with Gasteiger partial charge in [-0.2, -0.15) is 18.3 Å². The van der Waals surface area contributed by atoms with E-state index in [0.717, 1.165) is 13.3 Å². The summed E-state index contributed by atoms with van der Waals surface area (Å²) in [6.07, 6.45) is -4.13. The number of halogens is 3. The van der Waals surface area contributed by atoms with E-state index in [9.17, 15) is 18.0 Å². The molecule has 3 rings (SSSR count). The molecule has 1 aliphatic heterocycles. The van der Waals surface area contributed by atoms with E-state index in [1.807, 2.05) is 0 Å². The molecule has 0 atom stereocenters. The molecule has 0 bridgehead atoms. The van der Waals surface area contributed by atoms with Gasteiger partial charge >= 0.3 is 12.1 Å². The highest BCUT2D eigenvalue weighted by atomic mass is 19.4. The number of ether oxygens (including phenoxy) is 3. The Balaban J connectivity index is 1.85. The lowest BCUT2D eigenvalue weighted by molar-refractivity contribution is -0.141. The molecule has 1 aliphatic rings. The number of nitrogens with one attached hydrogen (secondary N) is 1. The lowest BCUT2D eigenvalue weighted by Crippen LogP contribution is -2.18. The summed E-state index contributed by atoms with van der Waals surface area (Å²) >= 11 is 0. The molecule has 0 unspecified atom stereocenters. The number of rotatable bonds is 4. The van der Waals surface area contributed by atoms with Crippen molar-refractivity contribution in [2.75, 3.05) is 19.3 Å². The first kappa shape index (κ1) is 18.4. The zero-order valence-electron chi connectivity index (χ0n) is 14.1. The summed E-state index contributed by atoms with van der Waals surface area (Å²) in [5.74, 6) is -0.472. The second-order valence-corrected chi connectivity index (χ2v) is 5.32. The summed E-state index contributed by atoms with van der Waals surface area (Å²) < 4.78 is 54.2. The molecule has 0 fully saturated rings. The first-order valence-electron chi connectivity index (χ1n) is 7.52. The molecule has 1 N–H and O–H groups in total. The van der Waals surface area contributed by atoms with Crippen LogP contribution < -0.4 is 14.9 Å². The zero-order valence-corrected chi connectivity index (χ0v) is 14.1. The van der Waals surface area contributed by atoms with E-state index in [0.29, 0.717) is 22.8 Å². The van der Waals surface area contributed by atoms with Crippen LogP contribution in [0.1, 0.15) is 28.5 Å². The lowest BCUT2D eigenvalue weighted by atomic mass is 10.1. The van der Waals surface area contributed by atoms with Crippen LogP contribution in [0.3, 0.4) is 0 Å². The van der Waals surface area contributed by atoms with E-state index >= 15 is 0 Å². The molecule has 0 saturated carbocycles. The number of aromatic nitrogens is 2. The minimum absolute atomic E-state index is 0.119.